The predicted molar refractivity (Wildman–Crippen MR) is 99.0 cm³/mol. The van der Waals surface area contributed by atoms with Crippen molar-refractivity contribution in [2.75, 3.05) is 13.1 Å². The van der Waals surface area contributed by atoms with Gasteiger partial charge in [0, 0.05) is 18.6 Å². The number of hydrogen-bond acceptors (Lipinski definition) is 6. The zero-order valence-electron chi connectivity index (χ0n) is 14.6. The molecule has 0 bridgehead atoms. The van der Waals surface area contributed by atoms with Crippen LogP contribution in [0.25, 0.3) is 0 Å². The third-order valence-corrected chi connectivity index (χ3v) is 7.99. The van der Waals surface area contributed by atoms with Gasteiger partial charge in [-0.1, -0.05) is 6.07 Å². The van der Waals surface area contributed by atoms with E-state index in [2.05, 4.69) is 16.1 Å². The average Bonchev–Trinajstić information content (AvgIpc) is 3.32. The Hall–Kier alpha value is -1.47. The van der Waals surface area contributed by atoms with E-state index in [4.69, 9.17) is 5.26 Å². The molecule has 1 aromatic heterocycles. The number of amides is 1. The summed E-state index contributed by atoms with van der Waals surface area (Å²) in [6, 6.07) is 5.39. The largest absolute Gasteiger partial charge is 0.326 e. The van der Waals surface area contributed by atoms with E-state index in [0.717, 1.165) is 38.5 Å². The molecule has 1 aliphatic heterocycles. The molecule has 1 atom stereocenters. The van der Waals surface area contributed by atoms with Gasteiger partial charge < -0.3 is 10.2 Å². The number of carbonyl (C=O) groups excluding carboxylic acids is 1. The number of hydrogen-bond donors (Lipinski definition) is 2. The summed E-state index contributed by atoms with van der Waals surface area (Å²) < 4.78 is 27.7. The summed E-state index contributed by atoms with van der Waals surface area (Å²) >= 11 is 1.22. The molecule has 142 valence electrons. The van der Waals surface area contributed by atoms with Crippen LogP contribution in [0.15, 0.2) is 21.7 Å². The van der Waals surface area contributed by atoms with Gasteiger partial charge in [0.1, 0.15) is 10.3 Å². The van der Waals surface area contributed by atoms with Crippen LogP contribution in [-0.2, 0) is 14.8 Å². The molecular weight excluding hydrogens is 372 g/mol. The van der Waals surface area contributed by atoms with Crippen LogP contribution in [0.1, 0.15) is 38.5 Å². The van der Waals surface area contributed by atoms with E-state index in [1.54, 1.807) is 22.4 Å². The van der Waals surface area contributed by atoms with Crippen molar-refractivity contribution in [3.63, 3.8) is 0 Å². The SMILES string of the molecule is N#C[C@@H]1CCCN1C(=O)CNC1CCC(NS(=O)(=O)c2cccs2)CC1. The molecule has 0 spiro atoms. The summed E-state index contributed by atoms with van der Waals surface area (Å²) in [6.07, 6.45) is 4.80. The van der Waals surface area contributed by atoms with Gasteiger partial charge in [-0.05, 0) is 50.0 Å². The lowest BCUT2D eigenvalue weighted by molar-refractivity contribution is -0.130. The molecule has 3 rings (SSSR count). The molecule has 1 aliphatic carbocycles. The van der Waals surface area contributed by atoms with Gasteiger partial charge in [0.2, 0.25) is 15.9 Å². The van der Waals surface area contributed by atoms with Gasteiger partial charge in [0.05, 0.1) is 12.6 Å². The van der Waals surface area contributed by atoms with Crippen LogP contribution in [0.4, 0.5) is 0 Å². The van der Waals surface area contributed by atoms with E-state index in [1.165, 1.54) is 11.3 Å². The Morgan fingerprint density at radius 3 is 2.65 bits per heavy atom. The summed E-state index contributed by atoms with van der Waals surface area (Å²) in [4.78, 5) is 13.9. The van der Waals surface area contributed by atoms with Crippen LogP contribution in [-0.4, -0.2) is 50.4 Å². The third kappa shape index (κ3) is 4.62. The van der Waals surface area contributed by atoms with Gasteiger partial charge in [-0.3, -0.25) is 4.79 Å². The topological polar surface area (TPSA) is 102 Å². The summed E-state index contributed by atoms with van der Waals surface area (Å²) in [6.45, 7) is 0.907. The zero-order chi connectivity index (χ0) is 18.6. The lowest BCUT2D eigenvalue weighted by Gasteiger charge is -2.30. The zero-order valence-corrected chi connectivity index (χ0v) is 16.2. The molecule has 1 saturated heterocycles. The Balaban J connectivity index is 1.42. The fraction of sp³-hybridized carbons (Fsp3) is 0.647. The highest BCUT2D eigenvalue weighted by Gasteiger charge is 2.30. The quantitative estimate of drug-likeness (QED) is 0.757. The van der Waals surface area contributed by atoms with Crippen LogP contribution in [0.3, 0.4) is 0 Å². The number of nitrogens with zero attached hydrogens (tertiary/aromatic N) is 2. The first-order valence-electron chi connectivity index (χ1n) is 8.98. The molecular formula is C17H24N4O3S2. The predicted octanol–water partition coefficient (Wildman–Crippen LogP) is 1.44. The minimum absolute atomic E-state index is 0.0189. The lowest BCUT2D eigenvalue weighted by atomic mass is 9.92. The summed E-state index contributed by atoms with van der Waals surface area (Å²) in [5.41, 5.74) is 0. The van der Waals surface area contributed by atoms with Crippen molar-refractivity contribution in [3.05, 3.63) is 17.5 Å². The number of rotatable bonds is 6. The molecule has 2 aliphatic rings. The van der Waals surface area contributed by atoms with Gasteiger partial charge in [0.25, 0.3) is 0 Å². The van der Waals surface area contributed by atoms with E-state index in [-0.39, 0.29) is 30.6 Å². The number of nitriles is 1. The first-order valence-corrected chi connectivity index (χ1v) is 11.3. The molecule has 0 unspecified atom stereocenters. The summed E-state index contributed by atoms with van der Waals surface area (Å²) in [7, 11) is -3.42. The molecule has 1 saturated carbocycles. The maximum atomic E-state index is 12.3. The summed E-state index contributed by atoms with van der Waals surface area (Å²) in [5.74, 6) is -0.0189. The van der Waals surface area contributed by atoms with Crippen molar-refractivity contribution in [3.8, 4) is 6.07 Å². The number of carbonyl (C=O) groups is 1. The van der Waals surface area contributed by atoms with Crippen LogP contribution < -0.4 is 10.0 Å². The van der Waals surface area contributed by atoms with E-state index in [9.17, 15) is 13.2 Å². The van der Waals surface area contributed by atoms with Gasteiger partial charge >= 0.3 is 0 Å². The van der Waals surface area contributed by atoms with Crippen LogP contribution in [0.2, 0.25) is 0 Å². The summed E-state index contributed by atoms with van der Waals surface area (Å²) in [5, 5.41) is 14.1. The average molecular weight is 397 g/mol. The molecule has 0 aromatic carbocycles. The van der Waals surface area contributed by atoms with Gasteiger partial charge in [0.15, 0.2) is 0 Å². The van der Waals surface area contributed by atoms with Crippen molar-refractivity contribution in [2.24, 2.45) is 0 Å². The highest BCUT2D eigenvalue weighted by molar-refractivity contribution is 7.91. The van der Waals surface area contributed by atoms with Crippen molar-refractivity contribution in [1.29, 1.82) is 5.26 Å². The third-order valence-electron chi connectivity index (χ3n) is 5.07. The standard InChI is InChI=1S/C17H24N4O3S2/c18-11-15-3-1-9-21(15)16(22)12-19-13-5-7-14(8-6-13)20-26(23,24)17-4-2-10-25-17/h2,4,10,13-15,19-20H,1,3,5-9,12H2/t13?,14?,15-/m0/s1. The maximum Gasteiger partial charge on any atom is 0.250 e. The van der Waals surface area contributed by atoms with E-state index in [0.29, 0.717) is 10.8 Å². The van der Waals surface area contributed by atoms with Crippen molar-refractivity contribution >= 4 is 27.3 Å². The molecule has 2 fully saturated rings. The normalized spacial score (nSPS) is 26.6. The van der Waals surface area contributed by atoms with Crippen LogP contribution >= 0.6 is 11.3 Å². The molecule has 7 nitrogen and oxygen atoms in total. The van der Waals surface area contributed by atoms with Gasteiger partial charge in [-0.15, -0.1) is 11.3 Å². The molecule has 2 N–H and O–H groups in total. The first-order chi connectivity index (χ1) is 12.5. The second-order valence-corrected chi connectivity index (χ2v) is 9.75. The van der Waals surface area contributed by atoms with Crippen LogP contribution in [0.5, 0.6) is 0 Å². The number of likely N-dealkylation sites (tertiary alicyclic amines) is 1. The van der Waals surface area contributed by atoms with Crippen molar-refractivity contribution in [1.82, 2.24) is 14.9 Å². The molecule has 9 heteroatoms. The fourth-order valence-electron chi connectivity index (χ4n) is 3.64. The van der Waals surface area contributed by atoms with Crippen molar-refractivity contribution < 1.29 is 13.2 Å². The second kappa shape index (κ2) is 8.48. The van der Waals surface area contributed by atoms with E-state index < -0.39 is 10.0 Å². The fourth-order valence-corrected chi connectivity index (χ4v) is 5.96. The Kier molecular flexibility index (Phi) is 6.29. The second-order valence-electron chi connectivity index (χ2n) is 6.86. The molecule has 26 heavy (non-hydrogen) atoms. The Labute approximate surface area is 158 Å². The molecule has 1 amide bonds. The van der Waals surface area contributed by atoms with Gasteiger partial charge in [-0.25, -0.2) is 13.1 Å². The minimum atomic E-state index is -3.42. The van der Waals surface area contributed by atoms with Crippen molar-refractivity contribution in [2.45, 2.75) is 60.9 Å². The number of thiophene rings is 1. The Morgan fingerprint density at radius 1 is 1.27 bits per heavy atom. The first kappa shape index (κ1) is 19.3. The van der Waals surface area contributed by atoms with Gasteiger partial charge in [-0.2, -0.15) is 5.26 Å². The minimum Gasteiger partial charge on any atom is -0.326 e. The number of nitrogens with one attached hydrogen (secondary N) is 2. The Morgan fingerprint density at radius 2 is 2.00 bits per heavy atom. The van der Waals surface area contributed by atoms with E-state index >= 15 is 0 Å². The van der Waals surface area contributed by atoms with E-state index in [1.807, 2.05) is 0 Å². The van der Waals surface area contributed by atoms with Crippen LogP contribution in [0, 0.1) is 11.3 Å². The highest BCUT2D eigenvalue weighted by Crippen LogP contribution is 2.23. The smallest absolute Gasteiger partial charge is 0.250 e. The lowest BCUT2D eigenvalue weighted by Crippen LogP contribution is -2.46. The highest BCUT2D eigenvalue weighted by atomic mass is 32.2. The number of sulfonamides is 1. The Bertz CT molecular complexity index is 749. The molecule has 1 aromatic rings. The maximum absolute atomic E-state index is 12.3. The molecule has 0 radical (unpaired) electrons. The monoisotopic (exact) mass is 396 g/mol. The molecule has 2 heterocycles.